The zero-order chi connectivity index (χ0) is 21.4. The lowest BCUT2D eigenvalue weighted by Crippen LogP contribution is -2.65. The molecule has 0 aromatic carbocycles. The van der Waals surface area contributed by atoms with E-state index in [-0.39, 0.29) is 17.9 Å². The molecule has 1 saturated heterocycles. The molecular weight excluding hydrogens is 392 g/mol. The molecule has 1 aliphatic carbocycles. The summed E-state index contributed by atoms with van der Waals surface area (Å²) >= 11 is 0. The Morgan fingerprint density at radius 3 is 2.71 bits per heavy atom. The first-order valence-corrected chi connectivity index (χ1v) is 12.0. The Balaban J connectivity index is 1.40. The van der Waals surface area contributed by atoms with Crippen LogP contribution in [0.2, 0.25) is 0 Å². The molecule has 2 aromatic rings. The fourth-order valence-corrected chi connectivity index (χ4v) is 5.67. The van der Waals surface area contributed by atoms with Gasteiger partial charge in [-0.05, 0) is 58.7 Å². The van der Waals surface area contributed by atoms with Gasteiger partial charge in [0.15, 0.2) is 5.58 Å². The average molecular weight is 427 g/mol. The second-order valence-corrected chi connectivity index (χ2v) is 9.73. The molecule has 1 saturated carbocycles. The van der Waals surface area contributed by atoms with E-state index in [0.717, 1.165) is 57.3 Å². The molecule has 7 nitrogen and oxygen atoms in total. The third-order valence-corrected chi connectivity index (χ3v) is 7.53. The highest BCUT2D eigenvalue weighted by atomic mass is 16.3. The maximum atomic E-state index is 13.6. The smallest absolute Gasteiger partial charge is 0.271 e. The van der Waals surface area contributed by atoms with Gasteiger partial charge in [-0.2, -0.15) is 0 Å². The van der Waals surface area contributed by atoms with Crippen LogP contribution in [0, 0.1) is 0 Å². The molecule has 3 aliphatic rings. The van der Waals surface area contributed by atoms with Gasteiger partial charge < -0.3 is 24.1 Å². The lowest BCUT2D eigenvalue weighted by molar-refractivity contribution is -0.133. The van der Waals surface area contributed by atoms with Gasteiger partial charge in [-0.15, -0.1) is 0 Å². The molecule has 2 aromatic heterocycles. The summed E-state index contributed by atoms with van der Waals surface area (Å²) in [7, 11) is 0. The third-order valence-electron chi connectivity index (χ3n) is 7.53. The number of nitrogens with zero attached hydrogens (tertiary/aromatic N) is 3. The molecule has 0 bridgehead atoms. The van der Waals surface area contributed by atoms with E-state index < -0.39 is 5.54 Å². The molecule has 4 heterocycles. The first kappa shape index (κ1) is 20.6. The van der Waals surface area contributed by atoms with E-state index in [9.17, 15) is 9.59 Å². The normalized spacial score (nSPS) is 25.3. The minimum absolute atomic E-state index is 0.0232. The van der Waals surface area contributed by atoms with Crippen LogP contribution in [0.25, 0.3) is 11.1 Å². The highest BCUT2D eigenvalue weighted by molar-refractivity contribution is 6.02. The van der Waals surface area contributed by atoms with E-state index in [1.54, 1.807) is 6.26 Å². The molecule has 31 heavy (non-hydrogen) atoms. The summed E-state index contributed by atoms with van der Waals surface area (Å²) in [5.41, 5.74) is 1.31. The summed E-state index contributed by atoms with van der Waals surface area (Å²) in [5.74, 6) is -0.0923. The Bertz CT molecular complexity index is 951. The lowest BCUT2D eigenvalue weighted by atomic mass is 9.91. The molecule has 0 radical (unpaired) electrons. The highest BCUT2D eigenvalue weighted by Gasteiger charge is 2.48. The van der Waals surface area contributed by atoms with Crippen molar-refractivity contribution >= 4 is 22.9 Å². The maximum Gasteiger partial charge on any atom is 0.271 e. The van der Waals surface area contributed by atoms with Crippen LogP contribution < -0.4 is 5.32 Å². The van der Waals surface area contributed by atoms with Crippen molar-refractivity contribution in [3.8, 4) is 0 Å². The summed E-state index contributed by atoms with van der Waals surface area (Å²) in [4.78, 5) is 31.5. The number of carbonyl (C=O) groups is 2. The molecule has 2 amide bonds. The average Bonchev–Trinajstić information content (AvgIpc) is 3.50. The van der Waals surface area contributed by atoms with Crippen LogP contribution >= 0.6 is 0 Å². The van der Waals surface area contributed by atoms with Crippen LogP contribution in [0.1, 0.15) is 68.8 Å². The van der Waals surface area contributed by atoms with E-state index in [4.69, 9.17) is 4.42 Å². The van der Waals surface area contributed by atoms with Gasteiger partial charge >= 0.3 is 0 Å². The van der Waals surface area contributed by atoms with Gasteiger partial charge in [0.2, 0.25) is 5.91 Å². The van der Waals surface area contributed by atoms with Gasteiger partial charge in [-0.1, -0.05) is 19.3 Å². The molecule has 1 atom stereocenters. The number of carbonyl (C=O) groups excluding carboxylic acids is 2. The van der Waals surface area contributed by atoms with E-state index in [2.05, 4.69) is 10.2 Å². The van der Waals surface area contributed by atoms with Gasteiger partial charge in [0.05, 0.1) is 18.3 Å². The van der Waals surface area contributed by atoms with Gasteiger partial charge in [-0.25, -0.2) is 0 Å². The van der Waals surface area contributed by atoms with Crippen molar-refractivity contribution < 1.29 is 14.0 Å². The summed E-state index contributed by atoms with van der Waals surface area (Å²) in [5, 5.41) is 3.30. The molecule has 1 N–H and O–H groups in total. The SMILES string of the molecule is CC1(C(=O)NC2CCCCC2)Cn2c(cc3occc32)C(=O)N1CCCN1CCCC1. The van der Waals surface area contributed by atoms with Crippen molar-refractivity contribution in [1.29, 1.82) is 0 Å². The number of amides is 2. The van der Waals surface area contributed by atoms with Crippen LogP contribution in [-0.4, -0.2) is 63.9 Å². The van der Waals surface area contributed by atoms with Gasteiger partial charge in [0.25, 0.3) is 5.91 Å². The maximum absolute atomic E-state index is 13.6. The first-order chi connectivity index (χ1) is 15.1. The van der Waals surface area contributed by atoms with Crippen molar-refractivity contribution in [2.75, 3.05) is 26.2 Å². The molecule has 168 valence electrons. The molecule has 1 unspecified atom stereocenters. The van der Waals surface area contributed by atoms with Crippen molar-refractivity contribution in [2.24, 2.45) is 0 Å². The monoisotopic (exact) mass is 426 g/mol. The fraction of sp³-hybridized carbons (Fsp3) is 0.667. The van der Waals surface area contributed by atoms with Gasteiger partial charge in [0.1, 0.15) is 11.2 Å². The van der Waals surface area contributed by atoms with Crippen molar-refractivity contribution in [2.45, 2.75) is 76.4 Å². The molecular formula is C24H34N4O3. The first-order valence-electron chi connectivity index (χ1n) is 12.0. The standard InChI is InChI=1S/C24H34N4O3/c1-24(23(30)25-18-8-3-2-4-9-18)17-27-19-10-15-31-21(19)16-20(27)22(29)28(24)14-7-13-26-11-5-6-12-26/h10,15-16,18H,2-9,11-14,17H2,1H3,(H,25,30). The summed E-state index contributed by atoms with van der Waals surface area (Å²) in [6.45, 7) is 6.26. The topological polar surface area (TPSA) is 70.7 Å². The number of aromatic nitrogens is 1. The summed E-state index contributed by atoms with van der Waals surface area (Å²) < 4.78 is 7.53. The van der Waals surface area contributed by atoms with Crippen molar-refractivity contribution in [3.63, 3.8) is 0 Å². The second-order valence-electron chi connectivity index (χ2n) is 9.73. The summed E-state index contributed by atoms with van der Waals surface area (Å²) in [6, 6.07) is 3.93. The highest BCUT2D eigenvalue weighted by Crippen LogP contribution is 2.33. The number of hydrogen-bond acceptors (Lipinski definition) is 4. The Kier molecular flexibility index (Phi) is 5.54. The zero-order valence-corrected chi connectivity index (χ0v) is 18.6. The van der Waals surface area contributed by atoms with Crippen molar-refractivity contribution in [1.82, 2.24) is 19.7 Å². The minimum atomic E-state index is -0.907. The molecule has 2 fully saturated rings. The molecule has 0 spiro atoms. The Morgan fingerprint density at radius 1 is 1.16 bits per heavy atom. The Hall–Kier alpha value is -2.28. The third kappa shape index (κ3) is 3.77. The number of furan rings is 1. The van der Waals surface area contributed by atoms with Crippen LogP contribution in [-0.2, 0) is 11.3 Å². The number of nitrogens with one attached hydrogen (secondary N) is 1. The van der Waals surface area contributed by atoms with Crippen LogP contribution in [0.15, 0.2) is 22.8 Å². The van der Waals surface area contributed by atoms with E-state index in [1.165, 1.54) is 19.3 Å². The largest absolute Gasteiger partial charge is 0.463 e. The quantitative estimate of drug-likeness (QED) is 0.769. The predicted molar refractivity (Wildman–Crippen MR) is 119 cm³/mol. The van der Waals surface area contributed by atoms with Crippen LogP contribution in [0.3, 0.4) is 0 Å². The Morgan fingerprint density at radius 2 is 1.94 bits per heavy atom. The number of fused-ring (bicyclic) bond motifs is 3. The van der Waals surface area contributed by atoms with Crippen molar-refractivity contribution in [3.05, 3.63) is 24.1 Å². The molecule has 5 rings (SSSR count). The van der Waals surface area contributed by atoms with Crippen LogP contribution in [0.5, 0.6) is 0 Å². The van der Waals surface area contributed by atoms with Crippen LogP contribution in [0.4, 0.5) is 0 Å². The van der Waals surface area contributed by atoms with E-state index in [0.29, 0.717) is 24.4 Å². The molecule has 7 heteroatoms. The predicted octanol–water partition coefficient (Wildman–Crippen LogP) is 3.38. The minimum Gasteiger partial charge on any atom is -0.463 e. The fourth-order valence-electron chi connectivity index (χ4n) is 5.67. The summed E-state index contributed by atoms with van der Waals surface area (Å²) in [6.07, 6.45) is 10.7. The molecule has 2 aliphatic heterocycles. The zero-order valence-electron chi connectivity index (χ0n) is 18.6. The lowest BCUT2D eigenvalue weighted by Gasteiger charge is -2.45. The number of hydrogen-bond donors (Lipinski definition) is 1. The number of likely N-dealkylation sites (tertiary alicyclic amines) is 1. The second kappa shape index (κ2) is 8.34. The van der Waals surface area contributed by atoms with E-state index >= 15 is 0 Å². The van der Waals surface area contributed by atoms with E-state index in [1.807, 2.05) is 28.5 Å². The Labute approximate surface area is 183 Å². The number of rotatable bonds is 6. The van der Waals surface area contributed by atoms with Gasteiger partial charge in [-0.3, -0.25) is 9.59 Å². The van der Waals surface area contributed by atoms with Gasteiger partial charge in [0, 0.05) is 24.7 Å².